The monoisotopic (exact) mass is 482 g/mol. The van der Waals surface area contributed by atoms with Crippen molar-refractivity contribution in [2.45, 2.75) is 47.4 Å². The fourth-order valence-electron chi connectivity index (χ4n) is 1.13. The van der Waals surface area contributed by atoms with Crippen molar-refractivity contribution in [2.75, 3.05) is 13.2 Å². The number of hydrogen-bond donors (Lipinski definition) is 0. The first-order valence-electron chi connectivity index (χ1n) is 6.06. The molecule has 2 unspecified atom stereocenters. The molecule has 0 rings (SSSR count). The van der Waals surface area contributed by atoms with Crippen molar-refractivity contribution in [3.05, 3.63) is 0 Å². The smallest absolute Gasteiger partial charge is 0.318 e. The van der Waals surface area contributed by atoms with Gasteiger partial charge < -0.3 is 9.47 Å². The number of unbranched alkanes of at least 4 members (excludes halogenated alkanes) is 3. The molecule has 2 atom stereocenters. The second-order valence-electron chi connectivity index (χ2n) is 3.98. The van der Waals surface area contributed by atoms with E-state index >= 15 is 0 Å². The summed E-state index contributed by atoms with van der Waals surface area (Å²) < 4.78 is 9.92. The van der Waals surface area contributed by atoms with Crippen LogP contribution in [0.25, 0.3) is 0 Å². The second-order valence-corrected chi connectivity index (χ2v) is 7.72. The molecule has 0 aliphatic heterocycles. The van der Waals surface area contributed by atoms with E-state index in [0.717, 1.165) is 25.7 Å². The highest BCUT2D eigenvalue weighted by Crippen LogP contribution is 2.06. The lowest BCUT2D eigenvalue weighted by atomic mass is 10.2. The quantitative estimate of drug-likeness (QED) is 0.219. The van der Waals surface area contributed by atoms with Crippen molar-refractivity contribution in [1.82, 2.24) is 0 Å². The lowest BCUT2D eigenvalue weighted by molar-refractivity contribution is -0.143. The fraction of sp³-hybridized carbons (Fsp3) is 0.833. The lowest BCUT2D eigenvalue weighted by Gasteiger charge is -2.07. The Bertz CT molecular complexity index is 228. The van der Waals surface area contributed by atoms with Gasteiger partial charge in [0.05, 0.1) is 13.2 Å². The summed E-state index contributed by atoms with van der Waals surface area (Å²) in [7, 11) is 0. The van der Waals surface area contributed by atoms with Crippen LogP contribution < -0.4 is 0 Å². The molecule has 6 heteroatoms. The molecule has 4 nitrogen and oxygen atoms in total. The van der Waals surface area contributed by atoms with Crippen LogP contribution in [0.3, 0.4) is 0 Å². The Morgan fingerprint density at radius 3 is 1.44 bits per heavy atom. The molecule has 0 saturated heterocycles. The minimum atomic E-state index is -0.152. The number of rotatable bonds is 9. The first-order valence-corrected chi connectivity index (χ1v) is 8.55. The van der Waals surface area contributed by atoms with Gasteiger partial charge in [-0.05, 0) is 39.5 Å². The number of halogens is 2. The first kappa shape index (κ1) is 18.4. The van der Waals surface area contributed by atoms with E-state index in [4.69, 9.17) is 9.47 Å². The Morgan fingerprint density at radius 1 is 0.833 bits per heavy atom. The summed E-state index contributed by atoms with van der Waals surface area (Å²) in [6.45, 7) is 4.59. The third-order valence-corrected chi connectivity index (χ3v) is 3.19. The number of carbonyl (C=O) groups is 2. The highest BCUT2D eigenvalue weighted by Gasteiger charge is 2.09. The van der Waals surface area contributed by atoms with Gasteiger partial charge in [-0.25, -0.2) is 0 Å². The summed E-state index contributed by atoms with van der Waals surface area (Å²) >= 11 is 4.07. The molecule has 0 aromatic rings. The molecule has 0 N–H and O–H groups in total. The maximum absolute atomic E-state index is 11.1. The molecule has 0 saturated carbocycles. The lowest BCUT2D eigenvalue weighted by Crippen LogP contribution is -2.15. The summed E-state index contributed by atoms with van der Waals surface area (Å²) in [5.41, 5.74) is 0. The maximum atomic E-state index is 11.1. The van der Waals surface area contributed by atoms with Crippen LogP contribution >= 0.6 is 45.2 Å². The molecule has 0 radical (unpaired) electrons. The van der Waals surface area contributed by atoms with E-state index in [-0.39, 0.29) is 19.8 Å². The van der Waals surface area contributed by atoms with Gasteiger partial charge in [-0.15, -0.1) is 0 Å². The molecule has 0 aromatic heterocycles. The average molecular weight is 482 g/mol. The van der Waals surface area contributed by atoms with Gasteiger partial charge in [0.1, 0.15) is 7.85 Å². The zero-order valence-electron chi connectivity index (χ0n) is 10.8. The van der Waals surface area contributed by atoms with Crippen molar-refractivity contribution in [3.8, 4) is 0 Å². The van der Waals surface area contributed by atoms with Crippen LogP contribution in [0.4, 0.5) is 0 Å². The SMILES string of the molecule is CC(I)C(=O)OCCCCCCOC(=O)C(C)I. The number of alkyl halides is 2. The molecular weight excluding hydrogens is 462 g/mol. The van der Waals surface area contributed by atoms with Gasteiger partial charge in [0.2, 0.25) is 0 Å². The number of ether oxygens (including phenoxy) is 2. The third-order valence-electron chi connectivity index (χ3n) is 2.18. The standard InChI is InChI=1S/C12H20I2O4/c1-9(13)11(15)17-7-5-3-4-6-8-18-12(16)10(2)14/h9-10H,3-8H2,1-2H3. The van der Waals surface area contributed by atoms with Crippen LogP contribution in [0, 0.1) is 0 Å². The highest BCUT2D eigenvalue weighted by molar-refractivity contribution is 14.1. The molecule has 0 aromatic carbocycles. The molecule has 0 bridgehead atoms. The zero-order valence-corrected chi connectivity index (χ0v) is 15.1. The van der Waals surface area contributed by atoms with Crippen LogP contribution in [0.5, 0.6) is 0 Å². The molecule has 0 heterocycles. The van der Waals surface area contributed by atoms with E-state index in [1.807, 2.05) is 59.0 Å². The van der Waals surface area contributed by atoms with Crippen LogP contribution in [-0.2, 0) is 19.1 Å². The molecule has 0 spiro atoms. The summed E-state index contributed by atoms with van der Waals surface area (Å²) in [6.07, 6.45) is 3.71. The summed E-state index contributed by atoms with van der Waals surface area (Å²) in [5, 5.41) is 0. The predicted molar refractivity (Wildman–Crippen MR) is 87.4 cm³/mol. The van der Waals surface area contributed by atoms with Crippen LogP contribution in [-0.4, -0.2) is 33.0 Å². The van der Waals surface area contributed by atoms with Crippen molar-refractivity contribution in [3.63, 3.8) is 0 Å². The molecule has 0 fully saturated rings. The Balaban J connectivity index is 3.27. The van der Waals surface area contributed by atoms with Crippen molar-refractivity contribution in [2.24, 2.45) is 0 Å². The van der Waals surface area contributed by atoms with Gasteiger partial charge in [-0.1, -0.05) is 45.2 Å². The van der Waals surface area contributed by atoms with Crippen LogP contribution in [0.15, 0.2) is 0 Å². The van der Waals surface area contributed by atoms with Gasteiger partial charge in [0.15, 0.2) is 0 Å². The number of esters is 2. The topological polar surface area (TPSA) is 52.6 Å². The third kappa shape index (κ3) is 10.3. The van der Waals surface area contributed by atoms with E-state index in [2.05, 4.69) is 0 Å². The van der Waals surface area contributed by atoms with Crippen molar-refractivity contribution >= 4 is 57.1 Å². The molecule has 106 valence electrons. The van der Waals surface area contributed by atoms with E-state index in [9.17, 15) is 9.59 Å². The zero-order chi connectivity index (χ0) is 14.0. The maximum Gasteiger partial charge on any atom is 0.318 e. The van der Waals surface area contributed by atoms with E-state index in [1.165, 1.54) is 0 Å². The molecule has 0 aliphatic carbocycles. The Hall–Kier alpha value is 0.400. The normalized spacial score (nSPS) is 13.8. The van der Waals surface area contributed by atoms with Crippen LogP contribution in [0.2, 0.25) is 0 Å². The van der Waals surface area contributed by atoms with Gasteiger partial charge in [0, 0.05) is 0 Å². The van der Waals surface area contributed by atoms with E-state index in [0.29, 0.717) is 13.2 Å². The van der Waals surface area contributed by atoms with Crippen molar-refractivity contribution < 1.29 is 19.1 Å². The molecule has 0 amide bonds. The summed E-state index contributed by atoms with van der Waals surface area (Å²) in [6, 6.07) is 0. The summed E-state index contributed by atoms with van der Waals surface area (Å²) in [5.74, 6) is -0.305. The Labute approximate surface area is 136 Å². The molecular formula is C12H20I2O4. The molecule has 0 aliphatic rings. The van der Waals surface area contributed by atoms with Gasteiger partial charge >= 0.3 is 11.9 Å². The fourth-order valence-corrected chi connectivity index (χ4v) is 1.49. The van der Waals surface area contributed by atoms with Gasteiger partial charge in [-0.2, -0.15) is 0 Å². The second kappa shape index (κ2) is 11.2. The Morgan fingerprint density at radius 2 is 1.17 bits per heavy atom. The van der Waals surface area contributed by atoms with E-state index < -0.39 is 0 Å². The van der Waals surface area contributed by atoms with Crippen LogP contribution in [0.1, 0.15) is 39.5 Å². The number of carbonyl (C=O) groups excluding carboxylic acids is 2. The Kier molecular flexibility index (Phi) is 11.5. The average Bonchev–Trinajstić information content (AvgIpc) is 2.31. The predicted octanol–water partition coefficient (Wildman–Crippen LogP) is 3.28. The minimum absolute atomic E-state index is 0.0859. The van der Waals surface area contributed by atoms with Gasteiger partial charge in [-0.3, -0.25) is 9.59 Å². The van der Waals surface area contributed by atoms with Gasteiger partial charge in [0.25, 0.3) is 0 Å². The molecule has 18 heavy (non-hydrogen) atoms. The first-order chi connectivity index (χ1) is 8.45. The van der Waals surface area contributed by atoms with Crippen molar-refractivity contribution in [1.29, 1.82) is 0 Å². The largest absolute Gasteiger partial charge is 0.465 e. The van der Waals surface area contributed by atoms with E-state index in [1.54, 1.807) is 0 Å². The number of hydrogen-bond acceptors (Lipinski definition) is 4. The summed E-state index contributed by atoms with van der Waals surface area (Å²) in [4.78, 5) is 22.3. The highest BCUT2D eigenvalue weighted by atomic mass is 127. The minimum Gasteiger partial charge on any atom is -0.465 e.